The number of nitrogens with two attached hydrogens (primary N) is 1. The van der Waals surface area contributed by atoms with E-state index in [-0.39, 0.29) is 114 Å². The Bertz CT molecular complexity index is 2800. The van der Waals surface area contributed by atoms with Crippen molar-refractivity contribution in [3.05, 3.63) is 36.0 Å². The van der Waals surface area contributed by atoms with E-state index in [1.165, 1.54) is 0 Å². The Morgan fingerprint density at radius 1 is 0.767 bits per heavy atom. The number of carbonyl (C=O) groups excluding carboxylic acids is 6. The summed E-state index contributed by atoms with van der Waals surface area (Å²) in [7, 11) is 0. The fourth-order valence-electron chi connectivity index (χ4n) is 10.7. The van der Waals surface area contributed by atoms with Crippen LogP contribution in [0, 0.1) is 0 Å². The van der Waals surface area contributed by atoms with Crippen molar-refractivity contribution < 1.29 is 237 Å². The van der Waals surface area contributed by atoms with Gasteiger partial charge >= 0.3 is 94.6 Å². The van der Waals surface area contributed by atoms with Gasteiger partial charge in [0.1, 0.15) is 110 Å². The smallest absolute Gasteiger partial charge is 0.861 e. The van der Waals surface area contributed by atoms with Crippen molar-refractivity contribution in [1.82, 2.24) is 25.8 Å². The Labute approximate surface area is 575 Å². The van der Waals surface area contributed by atoms with Crippen LogP contribution < -0.4 is 126 Å². The molecule has 0 bridgehead atoms. The number of H-pyrrole nitrogens is 1. The summed E-state index contributed by atoms with van der Waals surface area (Å²) < 4.78 is 38.3. The molecule has 7 rings (SSSR count). The molecule has 19 N–H and O–H groups in total. The molecule has 37 nitrogen and oxygen atoms in total. The number of aliphatic hydroxyl groups is 12. The van der Waals surface area contributed by atoms with Crippen LogP contribution in [-0.4, -0.2) is 310 Å². The van der Waals surface area contributed by atoms with E-state index >= 15 is 0 Å². The van der Waals surface area contributed by atoms with Crippen molar-refractivity contribution in [3.63, 3.8) is 0 Å². The fourth-order valence-corrected chi connectivity index (χ4v) is 10.7. The number of aliphatic carboxylic acids is 3. The van der Waals surface area contributed by atoms with E-state index in [1.807, 2.05) is 5.32 Å². The number of hydrogen-bond donors (Lipinski definition) is 18. The van der Waals surface area contributed by atoms with Crippen LogP contribution in [0.2, 0.25) is 0 Å². The molecule has 0 radical (unpaired) electrons. The van der Waals surface area contributed by atoms with Gasteiger partial charge in [0.2, 0.25) is 23.6 Å². The zero-order chi connectivity index (χ0) is 63.9. The second-order valence-corrected chi connectivity index (χ2v) is 21.1. The van der Waals surface area contributed by atoms with Crippen molar-refractivity contribution in [2.45, 2.75) is 166 Å². The van der Waals surface area contributed by atoms with Crippen LogP contribution in [0.3, 0.4) is 0 Å². The molecule has 4 amide bonds. The van der Waals surface area contributed by atoms with E-state index in [4.69, 9.17) is 38.9 Å². The van der Waals surface area contributed by atoms with Crippen LogP contribution in [0.4, 0.5) is 0 Å². The summed E-state index contributed by atoms with van der Waals surface area (Å²) in [6, 6.07) is 0.610. The predicted molar refractivity (Wildman–Crippen MR) is 271 cm³/mol. The third-order valence-corrected chi connectivity index (χ3v) is 15.3. The molecule has 0 spiro atoms. The minimum atomic E-state index is -3.34. The molecule has 5 fully saturated rings. The number of aromatic amines is 1. The maximum atomic E-state index is 14.3. The monoisotopic (exact) mass is 1320 g/mol. The number of rotatable bonds is 25. The van der Waals surface area contributed by atoms with Gasteiger partial charge in [0.15, 0.2) is 30.6 Å². The molecule has 40 heteroatoms. The average Bonchev–Trinajstić information content (AvgIpc) is 0.896. The van der Waals surface area contributed by atoms with E-state index in [0.29, 0.717) is 16.5 Å². The van der Waals surface area contributed by atoms with Gasteiger partial charge in [-0.3, -0.25) is 24.2 Å². The fraction of sp³-hybridized carbons (Fsp3) is 0.680. The molecule has 2 aromatic rings. The van der Waals surface area contributed by atoms with Gasteiger partial charge in [-0.05, 0) is 30.4 Å². The minimum Gasteiger partial charge on any atom is -0.861 e. The first-order chi connectivity index (χ1) is 41.1. The van der Waals surface area contributed by atoms with Crippen molar-refractivity contribution in [2.24, 2.45) is 10.7 Å². The van der Waals surface area contributed by atoms with Crippen molar-refractivity contribution in [3.8, 4) is 0 Å². The van der Waals surface area contributed by atoms with Gasteiger partial charge in [-0.2, -0.15) is 0 Å². The third-order valence-electron chi connectivity index (χ3n) is 15.3. The topological polar surface area (TPSA) is 610 Å². The molecule has 1 aromatic carbocycles. The second-order valence-electron chi connectivity index (χ2n) is 21.1. The molecule has 5 aliphatic heterocycles. The number of carboxylic acid groups (broad SMARTS) is 3. The molecule has 0 unspecified atom stereocenters. The van der Waals surface area contributed by atoms with Crippen LogP contribution in [0.15, 0.2) is 35.5 Å². The van der Waals surface area contributed by atoms with Gasteiger partial charge < -0.3 is 156 Å². The Hall–Kier alpha value is -3.28. The normalized spacial score (nSPS) is 34.7. The third kappa shape index (κ3) is 18.2. The first-order valence-corrected chi connectivity index (χ1v) is 27.0. The summed E-state index contributed by atoms with van der Waals surface area (Å²) >= 11 is 0. The van der Waals surface area contributed by atoms with Crippen LogP contribution in [0.5, 0.6) is 0 Å². The molecule has 5 aliphatic rings. The molecule has 23 atom stereocenters. The number of ether oxygens (including phenoxy) is 7. The molecule has 1 aromatic heterocycles. The number of nitrogens with one attached hydrogen (secondary N) is 4. The standard InChI is InChI=1S/C50H71N7O30.3Na/c51-19(42(74)53-11-27(60)55-22(8-17-10-52-20-5-2-1-4-18(17)20)45(77)57-7-3-6-23(57)44(76)56-21(9-28(61)62)43(75)54-12-29(63)64)15-81-47-35(70)30(65)26(16-82-47)85-48-36(71)37(31(66)24(13-58)83-48)87-49-40(73)50(80,39(72)25(14-59)84-49)41-34(69)32(67)33(68)38(86-41)46(78)79;;;/h1-2,4-5,10,19,21-26,30-41,47-49,52,58-59,65-73,80H,3,6-9,11-16,51H2,(H,53,74)(H,54,75)(H,55,60)(H,56,76)(H,61,62)(H,63,64)(H,78,79);;;/q;3*+1/p-3/t19-,21-,22-,23-,24+,25+,26+,30-,31-,32-,33-,34+,35+,36+,37-,38-,39-,40-,41+,47+,48-,49-,50-;;;/m0.../s1. The summed E-state index contributed by atoms with van der Waals surface area (Å²) in [6.45, 7) is -5.62. The van der Waals surface area contributed by atoms with Gasteiger partial charge in [0.25, 0.3) is 0 Å². The molecule has 5 saturated heterocycles. The average molecular weight is 1320 g/mol. The summed E-state index contributed by atoms with van der Waals surface area (Å²) in [4.78, 5) is 96.0. The maximum absolute atomic E-state index is 14.3. The number of aliphatic imine (C=N–C) groups is 1. The summed E-state index contributed by atoms with van der Waals surface area (Å²) in [5, 5.41) is 183. The Morgan fingerprint density at radius 3 is 2.07 bits per heavy atom. The number of benzene rings is 1. The molecule has 0 saturated carbocycles. The summed E-state index contributed by atoms with van der Waals surface area (Å²) in [5.41, 5.74) is 3.85. The quantitative estimate of drug-likeness (QED) is 0.0249. The van der Waals surface area contributed by atoms with Gasteiger partial charge in [-0.1, -0.05) is 18.2 Å². The maximum Gasteiger partial charge on any atom is 1.00 e. The summed E-state index contributed by atoms with van der Waals surface area (Å²) in [6.07, 6.45) is -38.6. The first kappa shape index (κ1) is 79.2. The number of likely N-dealkylation sites (tertiary alicyclic amines) is 1. The second kappa shape index (κ2) is 34.9. The first-order valence-electron chi connectivity index (χ1n) is 27.0. The number of aromatic nitrogens is 1. The number of aliphatic hydroxyl groups excluding tert-OH is 11. The number of carboxylic acids is 3. The number of para-hydroxylation sites is 1. The van der Waals surface area contributed by atoms with Gasteiger partial charge in [-0.25, -0.2) is 4.79 Å². The molecule has 90 heavy (non-hydrogen) atoms. The van der Waals surface area contributed by atoms with Crippen LogP contribution >= 0.6 is 0 Å². The molecule has 0 aliphatic carbocycles. The minimum absolute atomic E-state index is 0. The zero-order valence-electron chi connectivity index (χ0n) is 48.6. The predicted octanol–water partition coefficient (Wildman–Crippen LogP) is -23.8. The van der Waals surface area contributed by atoms with E-state index in [0.717, 1.165) is 4.90 Å². The zero-order valence-corrected chi connectivity index (χ0v) is 54.6. The van der Waals surface area contributed by atoms with Crippen molar-refractivity contribution in [1.29, 1.82) is 0 Å². The number of carbonyl (C=O) groups is 7. The number of fused-ring (bicyclic) bond motifs is 1. The molecule has 486 valence electrons. The number of amides is 4. The Kier molecular flexibility index (Phi) is 30.7. The van der Waals surface area contributed by atoms with E-state index in [2.05, 4.69) is 20.6 Å². The van der Waals surface area contributed by atoms with Gasteiger partial charge in [-0.15, -0.1) is 0 Å². The molecular weight excluding hydrogens is 1250 g/mol. The van der Waals surface area contributed by atoms with Gasteiger partial charge in [0, 0.05) is 49.0 Å². The SMILES string of the molecule is N[C@@H](CO[C@@H]1OC[C@@H](O[C@@H]2O[C@H](CO)[C@H](O)[C@H](O[C@@H]3O[C@H](CO)[C@H](O)[C@@](O)([C@@H]4O[C@H](C(=O)O)[C@@H](O)[C@H](O)[C@H]4O)[C@H]3O)[C@H]2O)[C@H](O)[C@H]1O)C(=O)NCC([O-])=N[C@@H](Cc1c[nH]c2ccccc12)C(=O)N1CCC[C@H]1C(=O)N[C@@H](CC(=O)[O-])C(=O)NCC(=O)[O-].[Na+].[Na+].[Na+]. The van der Waals surface area contributed by atoms with Crippen LogP contribution in [0.25, 0.3) is 10.9 Å². The number of nitrogens with zero attached hydrogens (tertiary/aromatic N) is 2. The van der Waals surface area contributed by atoms with Gasteiger partial charge in [0.05, 0.1) is 38.9 Å². The van der Waals surface area contributed by atoms with E-state index in [1.54, 1.807) is 30.5 Å². The Balaban J connectivity index is 0.00000577. The van der Waals surface area contributed by atoms with Crippen LogP contribution in [0.1, 0.15) is 24.8 Å². The van der Waals surface area contributed by atoms with Crippen molar-refractivity contribution >= 4 is 58.3 Å². The van der Waals surface area contributed by atoms with E-state index < -0.39 is 234 Å². The van der Waals surface area contributed by atoms with E-state index in [9.17, 15) is 115 Å². The molecular formula is C50H68N7Na3O30. The van der Waals surface area contributed by atoms with Crippen LogP contribution in [-0.2, 0) is 73.1 Å². The number of hydrogen-bond acceptors (Lipinski definition) is 31. The van der Waals surface area contributed by atoms with Crippen molar-refractivity contribution in [2.75, 3.05) is 46.1 Å². The largest absolute Gasteiger partial charge is 1.00 e. The summed E-state index contributed by atoms with van der Waals surface area (Å²) in [5.74, 6) is -10.5. The Morgan fingerprint density at radius 2 is 1.42 bits per heavy atom. The molecule has 6 heterocycles.